The first kappa shape index (κ1) is 14.2. The molecule has 1 N–H and O–H groups in total. The minimum Gasteiger partial charge on any atom is -0.384 e. The molecule has 0 fully saturated rings. The third kappa shape index (κ3) is 3.89. The number of aromatic nitrogens is 2. The van der Waals surface area contributed by atoms with Gasteiger partial charge >= 0.3 is 0 Å². The average Bonchev–Trinajstić information content (AvgIpc) is 2.86. The fourth-order valence-electron chi connectivity index (χ4n) is 1.73. The summed E-state index contributed by atoms with van der Waals surface area (Å²) in [7, 11) is 1.54. The maximum absolute atomic E-state index is 13.5. The number of amides is 1. The summed E-state index contributed by atoms with van der Waals surface area (Å²) in [5, 5.41) is 6.79. The van der Waals surface area contributed by atoms with Crippen LogP contribution in [0.3, 0.4) is 0 Å². The van der Waals surface area contributed by atoms with Gasteiger partial charge < -0.3 is 10.1 Å². The maximum Gasteiger partial charge on any atom is 0.226 e. The van der Waals surface area contributed by atoms with Crippen LogP contribution in [0.25, 0.3) is 0 Å². The molecule has 2 aromatic rings. The predicted molar refractivity (Wildman–Crippen MR) is 72.9 cm³/mol. The number of hydrogen-bond acceptors (Lipinski definition) is 3. The predicted octanol–water partition coefficient (Wildman–Crippen LogP) is 2.05. The Morgan fingerprint density at radius 3 is 3.00 bits per heavy atom. The minimum absolute atomic E-state index is 0.141. The van der Waals surface area contributed by atoms with Crippen LogP contribution >= 0.6 is 0 Å². The van der Waals surface area contributed by atoms with Crippen molar-refractivity contribution in [3.63, 3.8) is 0 Å². The molecule has 0 unspecified atom stereocenters. The van der Waals surface area contributed by atoms with E-state index in [1.165, 1.54) is 12.3 Å². The highest BCUT2D eigenvalue weighted by molar-refractivity contribution is 5.90. The molecule has 0 aliphatic carbocycles. The Morgan fingerprint density at radius 1 is 1.45 bits per heavy atom. The van der Waals surface area contributed by atoms with E-state index < -0.39 is 0 Å². The summed E-state index contributed by atoms with van der Waals surface area (Å²) in [5.41, 5.74) is 1.13. The van der Waals surface area contributed by atoms with E-state index in [2.05, 4.69) is 10.4 Å². The Morgan fingerprint density at radius 2 is 2.25 bits per heavy atom. The molecule has 106 valence electrons. The molecule has 0 spiro atoms. The van der Waals surface area contributed by atoms with Crippen LogP contribution in [0, 0.1) is 5.82 Å². The van der Waals surface area contributed by atoms with Gasteiger partial charge in [0.25, 0.3) is 0 Å². The van der Waals surface area contributed by atoms with Crippen LogP contribution in [0.15, 0.2) is 36.7 Å². The first-order valence-electron chi connectivity index (χ1n) is 6.23. The van der Waals surface area contributed by atoms with Crippen LogP contribution < -0.4 is 5.32 Å². The molecule has 2 rings (SSSR count). The number of nitrogens with one attached hydrogen (secondary N) is 1. The number of rotatable bonds is 6. The van der Waals surface area contributed by atoms with Crippen molar-refractivity contribution in [2.75, 3.05) is 19.0 Å². The monoisotopic (exact) mass is 277 g/mol. The number of benzene rings is 1. The Labute approximate surface area is 116 Å². The van der Waals surface area contributed by atoms with Gasteiger partial charge in [0.15, 0.2) is 0 Å². The lowest BCUT2D eigenvalue weighted by Crippen LogP contribution is -2.13. The number of halogens is 1. The summed E-state index contributed by atoms with van der Waals surface area (Å²) < 4.78 is 19.9. The average molecular weight is 277 g/mol. The highest BCUT2D eigenvalue weighted by Crippen LogP contribution is 2.11. The van der Waals surface area contributed by atoms with Gasteiger partial charge in [-0.1, -0.05) is 18.2 Å². The van der Waals surface area contributed by atoms with Gasteiger partial charge in [-0.05, 0) is 6.07 Å². The molecule has 0 saturated heterocycles. The molecule has 0 radical (unpaired) electrons. The Balaban J connectivity index is 1.96. The van der Waals surface area contributed by atoms with Crippen molar-refractivity contribution >= 4 is 11.6 Å². The lowest BCUT2D eigenvalue weighted by Gasteiger charge is -2.03. The zero-order valence-electron chi connectivity index (χ0n) is 11.2. The summed E-state index contributed by atoms with van der Waals surface area (Å²) in [6, 6.07) is 6.53. The normalized spacial score (nSPS) is 10.5. The fourth-order valence-corrected chi connectivity index (χ4v) is 1.73. The lowest BCUT2D eigenvalue weighted by molar-refractivity contribution is -0.117. The number of carbonyl (C=O) groups is 1. The molecule has 0 aliphatic heterocycles. The molecule has 6 heteroatoms. The Hall–Kier alpha value is -2.21. The van der Waals surface area contributed by atoms with Gasteiger partial charge in [0, 0.05) is 18.9 Å². The summed E-state index contributed by atoms with van der Waals surface area (Å²) in [5.74, 6) is -0.411. The Bertz CT molecular complexity index is 583. The van der Waals surface area contributed by atoms with Crippen molar-refractivity contribution in [3.05, 3.63) is 48.0 Å². The van der Waals surface area contributed by atoms with E-state index >= 15 is 0 Å². The molecule has 1 aromatic heterocycles. The molecule has 1 aromatic carbocycles. The third-order valence-corrected chi connectivity index (χ3v) is 2.74. The zero-order chi connectivity index (χ0) is 14.4. The summed E-state index contributed by atoms with van der Waals surface area (Å²) >= 11 is 0. The standard InChI is InChI=1S/C14H16FN3O2/c1-20-7-6-14(19)17-12-8-16-18(10-12)9-11-4-2-3-5-13(11)15/h2-5,8,10H,6-7,9H2,1H3,(H,17,19). The van der Waals surface area contributed by atoms with Gasteiger partial charge in [-0.25, -0.2) is 4.39 Å². The highest BCUT2D eigenvalue weighted by Gasteiger charge is 2.06. The van der Waals surface area contributed by atoms with Crippen molar-refractivity contribution in [1.29, 1.82) is 0 Å². The first-order valence-corrected chi connectivity index (χ1v) is 6.23. The van der Waals surface area contributed by atoms with Gasteiger partial charge in [-0.15, -0.1) is 0 Å². The molecule has 0 bridgehead atoms. The molecule has 1 amide bonds. The van der Waals surface area contributed by atoms with Crippen molar-refractivity contribution in [2.45, 2.75) is 13.0 Å². The molecule has 0 atom stereocenters. The molecular weight excluding hydrogens is 261 g/mol. The van der Waals surface area contributed by atoms with Crippen molar-refractivity contribution in [1.82, 2.24) is 9.78 Å². The number of anilines is 1. The van der Waals surface area contributed by atoms with Crippen LogP contribution in [0.2, 0.25) is 0 Å². The van der Waals surface area contributed by atoms with Gasteiger partial charge in [0.05, 0.1) is 31.5 Å². The van der Waals surface area contributed by atoms with E-state index in [-0.39, 0.29) is 18.1 Å². The Kier molecular flexibility index (Phi) is 4.84. The number of carbonyl (C=O) groups excluding carboxylic acids is 1. The van der Waals surface area contributed by atoms with E-state index in [1.807, 2.05) is 0 Å². The highest BCUT2D eigenvalue weighted by atomic mass is 19.1. The molecule has 1 heterocycles. The lowest BCUT2D eigenvalue weighted by atomic mass is 10.2. The minimum atomic E-state index is -0.270. The molecule has 5 nitrogen and oxygen atoms in total. The van der Waals surface area contributed by atoms with Gasteiger partial charge in [0.1, 0.15) is 5.82 Å². The first-order chi connectivity index (χ1) is 9.69. The van der Waals surface area contributed by atoms with Crippen LogP contribution in [-0.2, 0) is 16.1 Å². The van der Waals surface area contributed by atoms with Crippen LogP contribution in [0.5, 0.6) is 0 Å². The largest absolute Gasteiger partial charge is 0.384 e. The van der Waals surface area contributed by atoms with Crippen LogP contribution in [-0.4, -0.2) is 29.4 Å². The second-order valence-corrected chi connectivity index (χ2v) is 4.31. The van der Waals surface area contributed by atoms with Crippen molar-refractivity contribution in [3.8, 4) is 0 Å². The fraction of sp³-hybridized carbons (Fsp3) is 0.286. The SMILES string of the molecule is COCCC(=O)Nc1cnn(Cc2ccccc2F)c1. The molecular formula is C14H16FN3O2. The summed E-state index contributed by atoms with van der Waals surface area (Å²) in [6.45, 7) is 0.690. The van der Waals surface area contributed by atoms with Crippen molar-refractivity contribution < 1.29 is 13.9 Å². The maximum atomic E-state index is 13.5. The zero-order valence-corrected chi connectivity index (χ0v) is 11.2. The smallest absolute Gasteiger partial charge is 0.226 e. The topological polar surface area (TPSA) is 56.1 Å². The van der Waals surface area contributed by atoms with Gasteiger partial charge in [-0.3, -0.25) is 9.48 Å². The molecule has 0 saturated carbocycles. The molecule has 20 heavy (non-hydrogen) atoms. The molecule has 0 aliphatic rings. The van der Waals surface area contributed by atoms with Gasteiger partial charge in [0.2, 0.25) is 5.91 Å². The third-order valence-electron chi connectivity index (χ3n) is 2.74. The summed E-state index contributed by atoms with van der Waals surface area (Å²) in [6.07, 6.45) is 3.48. The van der Waals surface area contributed by atoms with Crippen LogP contribution in [0.1, 0.15) is 12.0 Å². The van der Waals surface area contributed by atoms with E-state index in [9.17, 15) is 9.18 Å². The second-order valence-electron chi connectivity index (χ2n) is 4.31. The van der Waals surface area contributed by atoms with E-state index in [0.29, 0.717) is 24.4 Å². The number of nitrogens with zero attached hydrogens (tertiary/aromatic N) is 2. The van der Waals surface area contributed by atoms with E-state index in [4.69, 9.17) is 4.74 Å². The van der Waals surface area contributed by atoms with E-state index in [0.717, 1.165) is 0 Å². The van der Waals surface area contributed by atoms with Gasteiger partial charge in [-0.2, -0.15) is 5.10 Å². The number of hydrogen-bond donors (Lipinski definition) is 1. The van der Waals surface area contributed by atoms with E-state index in [1.54, 1.807) is 36.2 Å². The number of ether oxygens (including phenoxy) is 1. The van der Waals surface area contributed by atoms with Crippen molar-refractivity contribution in [2.24, 2.45) is 0 Å². The number of methoxy groups -OCH3 is 1. The quantitative estimate of drug-likeness (QED) is 0.879. The second kappa shape index (κ2) is 6.81. The summed E-state index contributed by atoms with van der Waals surface area (Å²) in [4.78, 5) is 11.5. The van der Waals surface area contributed by atoms with Crippen LogP contribution in [0.4, 0.5) is 10.1 Å².